The van der Waals surface area contributed by atoms with Gasteiger partial charge in [0.1, 0.15) is 13.4 Å². The molecule has 2 atom stereocenters. The van der Waals surface area contributed by atoms with Crippen LogP contribution in [0.2, 0.25) is 10.0 Å². The van der Waals surface area contributed by atoms with E-state index >= 15 is 0 Å². The molecule has 4 rings (SSSR count). The van der Waals surface area contributed by atoms with Gasteiger partial charge in [-0.15, -0.1) is 0 Å². The number of benzene rings is 2. The Labute approximate surface area is 180 Å². The number of hydrogen-bond acceptors (Lipinski definition) is 3. The van der Waals surface area contributed by atoms with Gasteiger partial charge in [0.05, 0.1) is 5.69 Å². The van der Waals surface area contributed by atoms with Gasteiger partial charge in [0.2, 0.25) is 5.91 Å². The molecule has 1 heterocycles. The number of carbonyl (C=O) groups is 3. The van der Waals surface area contributed by atoms with E-state index in [2.05, 4.69) is 0 Å². The summed E-state index contributed by atoms with van der Waals surface area (Å²) in [5, 5.41) is 0.592. The third-order valence-corrected chi connectivity index (χ3v) is 6.18. The third kappa shape index (κ3) is 3.06. The number of carbonyl (C=O) groups excluding carboxylic acids is 3. The highest BCUT2D eigenvalue weighted by Crippen LogP contribution is 2.51. The summed E-state index contributed by atoms with van der Waals surface area (Å²) < 4.78 is 0. The lowest BCUT2D eigenvalue weighted by Gasteiger charge is -2.35. The van der Waals surface area contributed by atoms with Crippen molar-refractivity contribution in [1.82, 2.24) is 4.90 Å². The molecule has 1 saturated heterocycles. The molecule has 29 heavy (non-hydrogen) atoms. The van der Waals surface area contributed by atoms with Crippen LogP contribution in [0.1, 0.15) is 37.7 Å². The first kappa shape index (κ1) is 20.0. The lowest BCUT2D eigenvalue weighted by Crippen LogP contribution is -2.53. The van der Waals surface area contributed by atoms with Crippen molar-refractivity contribution in [2.24, 2.45) is 0 Å². The fourth-order valence-corrected chi connectivity index (χ4v) is 5.16. The summed E-state index contributed by atoms with van der Waals surface area (Å²) in [6.45, 7) is 1.31. The minimum atomic E-state index is -1.27. The van der Waals surface area contributed by atoms with E-state index in [-0.39, 0.29) is 11.6 Å². The van der Waals surface area contributed by atoms with Gasteiger partial charge in [-0.1, -0.05) is 52.9 Å². The van der Waals surface area contributed by atoms with Gasteiger partial charge in [-0.05, 0) is 43.0 Å². The SMILES string of the molecule is [B]c1ccc([C@@H]2CCC[C@]23C(=O)N(c2cc(Cl)cc(Cl)c2)C(=O)N3C(C)=O)cc1. The first-order valence-electron chi connectivity index (χ1n) is 9.26. The van der Waals surface area contributed by atoms with Crippen molar-refractivity contribution >= 4 is 60.0 Å². The predicted octanol–water partition coefficient (Wildman–Crippen LogP) is 3.81. The number of halogens is 2. The molecule has 0 bridgehead atoms. The topological polar surface area (TPSA) is 57.7 Å². The summed E-state index contributed by atoms with van der Waals surface area (Å²) in [7, 11) is 5.80. The van der Waals surface area contributed by atoms with Crippen LogP contribution in [-0.2, 0) is 9.59 Å². The summed E-state index contributed by atoms with van der Waals surface area (Å²) >= 11 is 12.2. The smallest absolute Gasteiger partial charge is 0.275 e. The molecule has 1 aliphatic heterocycles. The predicted molar refractivity (Wildman–Crippen MR) is 113 cm³/mol. The summed E-state index contributed by atoms with van der Waals surface area (Å²) in [6.07, 6.45) is 1.79. The van der Waals surface area contributed by atoms with E-state index in [1.165, 1.54) is 25.1 Å². The summed E-state index contributed by atoms with van der Waals surface area (Å²) in [5.41, 5.74) is 0.459. The van der Waals surface area contributed by atoms with Gasteiger partial charge in [0.25, 0.3) is 5.91 Å². The van der Waals surface area contributed by atoms with Gasteiger partial charge in [-0.3, -0.25) is 9.59 Å². The first-order chi connectivity index (χ1) is 13.8. The molecule has 0 unspecified atom stereocenters. The Bertz CT molecular complexity index is 1010. The van der Waals surface area contributed by atoms with Crippen molar-refractivity contribution < 1.29 is 14.4 Å². The van der Waals surface area contributed by atoms with Crippen LogP contribution in [0.4, 0.5) is 10.5 Å². The molecule has 2 fully saturated rings. The van der Waals surface area contributed by atoms with Crippen molar-refractivity contribution in [3.63, 3.8) is 0 Å². The molecule has 146 valence electrons. The Morgan fingerprint density at radius 3 is 2.31 bits per heavy atom. The molecule has 2 aromatic carbocycles. The normalized spacial score (nSPS) is 24.0. The molecule has 4 amide bonds. The van der Waals surface area contributed by atoms with Crippen LogP contribution in [0.3, 0.4) is 0 Å². The highest BCUT2D eigenvalue weighted by molar-refractivity contribution is 6.36. The summed E-state index contributed by atoms with van der Waals surface area (Å²) in [4.78, 5) is 41.7. The lowest BCUT2D eigenvalue weighted by molar-refractivity contribution is -0.137. The van der Waals surface area contributed by atoms with E-state index in [0.29, 0.717) is 34.8 Å². The van der Waals surface area contributed by atoms with E-state index in [9.17, 15) is 14.4 Å². The van der Waals surface area contributed by atoms with E-state index in [4.69, 9.17) is 31.0 Å². The maximum atomic E-state index is 13.7. The molecular weight excluding hydrogens is 410 g/mol. The molecule has 0 aromatic heterocycles. The second-order valence-corrected chi connectivity index (χ2v) is 8.31. The number of anilines is 1. The summed E-state index contributed by atoms with van der Waals surface area (Å²) in [6, 6.07) is 11.0. The van der Waals surface area contributed by atoms with Crippen LogP contribution in [-0.4, -0.2) is 36.1 Å². The van der Waals surface area contributed by atoms with E-state index in [0.717, 1.165) is 15.4 Å². The highest BCUT2D eigenvalue weighted by atomic mass is 35.5. The van der Waals surface area contributed by atoms with Crippen molar-refractivity contribution in [3.8, 4) is 0 Å². The van der Waals surface area contributed by atoms with E-state index in [1.807, 2.05) is 12.1 Å². The quantitative estimate of drug-likeness (QED) is 0.541. The van der Waals surface area contributed by atoms with E-state index < -0.39 is 23.4 Å². The average molecular weight is 427 g/mol. The second kappa shape index (κ2) is 7.19. The van der Waals surface area contributed by atoms with Crippen molar-refractivity contribution in [2.75, 3.05) is 4.90 Å². The molecule has 2 aromatic rings. The average Bonchev–Trinajstić information content (AvgIpc) is 3.15. The maximum absolute atomic E-state index is 13.7. The monoisotopic (exact) mass is 426 g/mol. The molecule has 0 N–H and O–H groups in total. The molecule has 2 radical (unpaired) electrons. The summed E-state index contributed by atoms with van der Waals surface area (Å²) in [5.74, 6) is -1.22. The minimum absolute atomic E-state index is 0.253. The third-order valence-electron chi connectivity index (χ3n) is 5.74. The lowest BCUT2D eigenvalue weighted by atomic mass is 9.79. The van der Waals surface area contributed by atoms with Gasteiger partial charge in [0.15, 0.2) is 0 Å². The molecule has 1 aliphatic carbocycles. The van der Waals surface area contributed by atoms with Crippen LogP contribution < -0.4 is 10.4 Å². The largest absolute Gasteiger partial charge is 0.339 e. The number of nitrogens with zero attached hydrogens (tertiary/aromatic N) is 2. The Balaban J connectivity index is 1.87. The number of urea groups is 1. The minimum Gasteiger partial charge on any atom is -0.275 e. The molecule has 1 saturated carbocycles. The fourth-order valence-electron chi connectivity index (χ4n) is 4.64. The van der Waals surface area contributed by atoms with Crippen LogP contribution in [0.5, 0.6) is 0 Å². The molecule has 5 nitrogen and oxygen atoms in total. The van der Waals surface area contributed by atoms with Crippen LogP contribution in [0, 0.1) is 0 Å². The first-order valence-corrected chi connectivity index (χ1v) is 10.0. The Kier molecular flexibility index (Phi) is 4.95. The van der Waals surface area contributed by atoms with Gasteiger partial charge < -0.3 is 0 Å². The van der Waals surface area contributed by atoms with Crippen LogP contribution >= 0.6 is 23.2 Å². The number of amides is 4. The zero-order chi connectivity index (χ0) is 20.9. The van der Waals surface area contributed by atoms with Crippen molar-refractivity contribution in [2.45, 2.75) is 37.6 Å². The van der Waals surface area contributed by atoms with Crippen LogP contribution in [0.15, 0.2) is 42.5 Å². The van der Waals surface area contributed by atoms with Gasteiger partial charge in [0, 0.05) is 22.9 Å². The number of hydrogen-bond donors (Lipinski definition) is 0. The zero-order valence-electron chi connectivity index (χ0n) is 15.7. The van der Waals surface area contributed by atoms with E-state index in [1.54, 1.807) is 12.1 Å². The maximum Gasteiger partial charge on any atom is 0.339 e. The van der Waals surface area contributed by atoms with Crippen molar-refractivity contribution in [1.29, 1.82) is 0 Å². The Hall–Kier alpha value is -2.31. The zero-order valence-corrected chi connectivity index (χ0v) is 17.2. The number of rotatable bonds is 2. The van der Waals surface area contributed by atoms with Crippen LogP contribution in [0.25, 0.3) is 0 Å². The molecule has 2 aliphatic rings. The second-order valence-electron chi connectivity index (χ2n) is 7.44. The van der Waals surface area contributed by atoms with Gasteiger partial charge >= 0.3 is 6.03 Å². The molecular formula is C21H17BCl2N2O3. The van der Waals surface area contributed by atoms with Gasteiger partial charge in [-0.2, -0.15) is 0 Å². The molecule has 1 spiro atoms. The van der Waals surface area contributed by atoms with Gasteiger partial charge in [-0.25, -0.2) is 14.6 Å². The Morgan fingerprint density at radius 1 is 1.10 bits per heavy atom. The Morgan fingerprint density at radius 2 is 1.72 bits per heavy atom. The molecule has 8 heteroatoms. The van der Waals surface area contributed by atoms with Crippen molar-refractivity contribution in [3.05, 3.63) is 58.1 Å². The fraction of sp³-hybridized carbons (Fsp3) is 0.286. The standard InChI is InChI=1S/C21H17BCl2N2O3/c1-12(27)26-20(29)25(17-10-15(23)9-16(24)11-17)19(28)21(26)8-2-3-18(21)13-4-6-14(22)7-5-13/h4-7,9-11,18H,2-3,8H2,1H3/t18-,21+/m0/s1. The number of imide groups is 2. The highest BCUT2D eigenvalue weighted by Gasteiger charge is 2.65.